The van der Waals surface area contributed by atoms with Gasteiger partial charge in [-0.15, -0.1) is 0 Å². The number of esters is 1. The molecule has 1 rings (SSSR count). The zero-order chi connectivity index (χ0) is 14.1. The predicted molar refractivity (Wildman–Crippen MR) is 79.6 cm³/mol. The van der Waals surface area contributed by atoms with E-state index in [1.807, 2.05) is 18.7 Å². The molecule has 0 heterocycles. The summed E-state index contributed by atoms with van der Waals surface area (Å²) in [5, 5.41) is 3.40. The van der Waals surface area contributed by atoms with Gasteiger partial charge < -0.3 is 14.8 Å². The summed E-state index contributed by atoms with van der Waals surface area (Å²) in [5.74, 6) is 2.42. The van der Waals surface area contributed by atoms with Gasteiger partial charge >= 0.3 is 5.97 Å². The molecule has 2 atom stereocenters. The normalized spacial score (nSPS) is 26.6. The molecule has 1 saturated carbocycles. The van der Waals surface area contributed by atoms with Gasteiger partial charge in [0.1, 0.15) is 5.54 Å². The maximum absolute atomic E-state index is 12.2. The molecular formula is C14H27NO3S. The number of likely N-dealkylation sites (N-methyl/N-ethyl adjacent to an activating group) is 1. The molecule has 1 aliphatic rings. The largest absolute Gasteiger partial charge is 0.468 e. The Bertz CT molecular complexity index is 275. The summed E-state index contributed by atoms with van der Waals surface area (Å²) in [5.41, 5.74) is -0.439. The van der Waals surface area contributed by atoms with Crippen LogP contribution < -0.4 is 5.32 Å². The van der Waals surface area contributed by atoms with E-state index in [1.165, 1.54) is 7.11 Å². The van der Waals surface area contributed by atoms with Gasteiger partial charge in [0.25, 0.3) is 0 Å². The molecule has 1 aliphatic carbocycles. The third kappa shape index (κ3) is 4.36. The predicted octanol–water partition coefficient (Wildman–Crippen LogP) is 2.08. The average Bonchev–Trinajstić information content (AvgIpc) is 2.82. The minimum atomic E-state index is -0.439. The fourth-order valence-electron chi connectivity index (χ4n) is 3.01. The van der Waals surface area contributed by atoms with Gasteiger partial charge in [-0.05, 0) is 37.5 Å². The van der Waals surface area contributed by atoms with E-state index in [4.69, 9.17) is 9.47 Å². The van der Waals surface area contributed by atoms with Gasteiger partial charge in [0, 0.05) is 12.9 Å². The highest BCUT2D eigenvalue weighted by Gasteiger charge is 2.48. The number of carbonyl (C=O) groups is 1. The second kappa shape index (κ2) is 8.82. The summed E-state index contributed by atoms with van der Waals surface area (Å²) in [6.07, 6.45) is 4.19. The summed E-state index contributed by atoms with van der Waals surface area (Å²) in [7, 11) is 3.22. The molecule has 0 radical (unpaired) electrons. The first-order chi connectivity index (χ1) is 9.21. The fraction of sp³-hybridized carbons (Fsp3) is 0.929. The van der Waals surface area contributed by atoms with Crippen LogP contribution in [0.4, 0.5) is 0 Å². The minimum absolute atomic E-state index is 0.0845. The number of carbonyl (C=O) groups excluding carboxylic acids is 1. The van der Waals surface area contributed by atoms with Crippen molar-refractivity contribution >= 4 is 17.7 Å². The number of hydrogen-bond acceptors (Lipinski definition) is 5. The van der Waals surface area contributed by atoms with Crippen LogP contribution in [-0.4, -0.2) is 50.4 Å². The van der Waals surface area contributed by atoms with E-state index in [9.17, 15) is 4.79 Å². The first-order valence-electron chi connectivity index (χ1n) is 7.11. The number of rotatable bonds is 9. The molecule has 0 aromatic carbocycles. The molecule has 112 valence electrons. The molecule has 4 nitrogen and oxygen atoms in total. The number of hydrogen-bond donors (Lipinski definition) is 1. The van der Waals surface area contributed by atoms with Gasteiger partial charge in [-0.2, -0.15) is 11.8 Å². The third-order valence-electron chi connectivity index (χ3n) is 3.90. The number of methoxy groups -OCH3 is 2. The van der Waals surface area contributed by atoms with E-state index in [0.717, 1.165) is 50.3 Å². The van der Waals surface area contributed by atoms with E-state index in [-0.39, 0.29) is 5.97 Å². The molecule has 2 unspecified atom stereocenters. The van der Waals surface area contributed by atoms with Crippen molar-refractivity contribution < 1.29 is 14.3 Å². The zero-order valence-corrected chi connectivity index (χ0v) is 13.2. The van der Waals surface area contributed by atoms with Crippen LogP contribution in [0.25, 0.3) is 0 Å². The molecule has 0 bridgehead atoms. The van der Waals surface area contributed by atoms with Gasteiger partial charge in [-0.1, -0.05) is 13.3 Å². The molecule has 0 aromatic rings. The molecule has 0 spiro atoms. The van der Waals surface area contributed by atoms with Crippen LogP contribution in [0, 0.1) is 5.92 Å². The van der Waals surface area contributed by atoms with Crippen LogP contribution in [0.5, 0.6) is 0 Å². The second-order valence-corrected chi connectivity index (χ2v) is 6.20. The van der Waals surface area contributed by atoms with Crippen LogP contribution >= 0.6 is 11.8 Å². The van der Waals surface area contributed by atoms with Crippen molar-refractivity contribution in [2.45, 2.75) is 38.1 Å². The molecule has 0 aromatic heterocycles. The monoisotopic (exact) mass is 289 g/mol. The Hall–Kier alpha value is -0.260. The summed E-state index contributed by atoms with van der Waals surface area (Å²) in [4.78, 5) is 12.2. The third-order valence-corrected chi connectivity index (χ3v) is 4.88. The molecule has 0 amide bonds. The van der Waals surface area contributed by atoms with Gasteiger partial charge in [0.2, 0.25) is 0 Å². The van der Waals surface area contributed by atoms with E-state index in [0.29, 0.717) is 5.92 Å². The smallest absolute Gasteiger partial charge is 0.326 e. The summed E-state index contributed by atoms with van der Waals surface area (Å²) >= 11 is 1.90. The van der Waals surface area contributed by atoms with Crippen LogP contribution in [-0.2, 0) is 14.3 Å². The Kier molecular flexibility index (Phi) is 7.80. The molecule has 0 aliphatic heterocycles. The van der Waals surface area contributed by atoms with Crippen molar-refractivity contribution in [1.82, 2.24) is 5.32 Å². The van der Waals surface area contributed by atoms with E-state index in [1.54, 1.807) is 7.11 Å². The first-order valence-corrected chi connectivity index (χ1v) is 8.26. The topological polar surface area (TPSA) is 47.6 Å². The molecule has 5 heteroatoms. The number of nitrogens with one attached hydrogen (secondary N) is 1. The lowest BCUT2D eigenvalue weighted by molar-refractivity contribution is -0.150. The molecule has 0 saturated heterocycles. The van der Waals surface area contributed by atoms with Crippen molar-refractivity contribution in [2.75, 3.05) is 38.9 Å². The van der Waals surface area contributed by atoms with Gasteiger partial charge in [0.05, 0.1) is 13.7 Å². The van der Waals surface area contributed by atoms with Crippen molar-refractivity contribution in [1.29, 1.82) is 0 Å². The molecule has 1 N–H and O–H groups in total. The van der Waals surface area contributed by atoms with Gasteiger partial charge in [-0.25, -0.2) is 0 Å². The maximum Gasteiger partial charge on any atom is 0.326 e. The second-order valence-electron chi connectivity index (χ2n) is 4.98. The summed E-state index contributed by atoms with van der Waals surface area (Å²) in [6.45, 7) is 3.65. The Morgan fingerprint density at radius 1 is 1.42 bits per heavy atom. The van der Waals surface area contributed by atoms with E-state index >= 15 is 0 Å². The Labute approximate surface area is 121 Å². The van der Waals surface area contributed by atoms with Crippen LogP contribution in [0.1, 0.15) is 32.6 Å². The molecular weight excluding hydrogens is 262 g/mol. The highest BCUT2D eigenvalue weighted by atomic mass is 32.2. The Morgan fingerprint density at radius 3 is 2.84 bits per heavy atom. The minimum Gasteiger partial charge on any atom is -0.468 e. The van der Waals surface area contributed by atoms with Crippen LogP contribution in [0.15, 0.2) is 0 Å². The zero-order valence-electron chi connectivity index (χ0n) is 12.4. The Balaban J connectivity index is 2.51. The fourth-order valence-corrected chi connectivity index (χ4v) is 3.95. The van der Waals surface area contributed by atoms with Crippen molar-refractivity contribution in [3.8, 4) is 0 Å². The van der Waals surface area contributed by atoms with E-state index in [2.05, 4.69) is 5.32 Å². The molecule has 19 heavy (non-hydrogen) atoms. The van der Waals surface area contributed by atoms with Crippen molar-refractivity contribution in [3.63, 3.8) is 0 Å². The van der Waals surface area contributed by atoms with E-state index < -0.39 is 5.54 Å². The standard InChI is InChI=1S/C14H27NO3S/c1-4-15-14(13(16)18-3)8-5-6-12(14)7-10-19-11-9-17-2/h12,15H,4-11H2,1-3H3. The molecule has 1 fully saturated rings. The van der Waals surface area contributed by atoms with Crippen LogP contribution in [0.3, 0.4) is 0 Å². The maximum atomic E-state index is 12.2. The van der Waals surface area contributed by atoms with Gasteiger partial charge in [-0.3, -0.25) is 4.79 Å². The number of ether oxygens (including phenoxy) is 2. The van der Waals surface area contributed by atoms with Gasteiger partial charge in [0.15, 0.2) is 0 Å². The highest BCUT2D eigenvalue weighted by Crippen LogP contribution is 2.39. The lowest BCUT2D eigenvalue weighted by Crippen LogP contribution is -2.55. The highest BCUT2D eigenvalue weighted by molar-refractivity contribution is 7.99. The summed E-state index contributed by atoms with van der Waals surface area (Å²) < 4.78 is 10.1. The quantitative estimate of drug-likeness (QED) is 0.520. The lowest BCUT2D eigenvalue weighted by Gasteiger charge is -2.33. The number of thioether (sulfide) groups is 1. The first kappa shape index (κ1) is 16.8. The van der Waals surface area contributed by atoms with Crippen LogP contribution in [0.2, 0.25) is 0 Å². The SMILES string of the molecule is CCNC1(C(=O)OC)CCCC1CCSCCOC. The Morgan fingerprint density at radius 2 is 2.21 bits per heavy atom. The summed E-state index contributed by atoms with van der Waals surface area (Å²) in [6, 6.07) is 0. The van der Waals surface area contributed by atoms with Crippen molar-refractivity contribution in [2.24, 2.45) is 5.92 Å². The van der Waals surface area contributed by atoms with Crippen molar-refractivity contribution in [3.05, 3.63) is 0 Å². The average molecular weight is 289 g/mol. The lowest BCUT2D eigenvalue weighted by atomic mass is 9.85.